The molecule has 4 atom stereocenters. The molecule has 4 unspecified atom stereocenters. The predicted octanol–water partition coefficient (Wildman–Crippen LogP) is 2.73. The van der Waals surface area contributed by atoms with Crippen molar-refractivity contribution in [3.05, 3.63) is 22.4 Å². The van der Waals surface area contributed by atoms with Gasteiger partial charge in [0.25, 0.3) is 0 Å². The maximum Gasteiger partial charge on any atom is 0.191 e. The van der Waals surface area contributed by atoms with Crippen LogP contribution in [0.15, 0.2) is 22.5 Å². The third-order valence-electron chi connectivity index (χ3n) is 4.32. The van der Waals surface area contributed by atoms with E-state index in [0.29, 0.717) is 24.2 Å². The first-order chi connectivity index (χ1) is 10.3. The fraction of sp³-hybridized carbons (Fsp3) is 0.688. The molecule has 2 N–H and O–H groups in total. The molecule has 1 aromatic heterocycles. The molecular formula is C16H25N3OS. The molecule has 3 heterocycles. The number of rotatable bonds is 5. The largest absolute Gasteiger partial charge is 0.373 e. The van der Waals surface area contributed by atoms with Crippen molar-refractivity contribution >= 4 is 17.3 Å². The summed E-state index contributed by atoms with van der Waals surface area (Å²) in [5.41, 5.74) is 0. The van der Waals surface area contributed by atoms with Crippen LogP contribution in [0, 0.1) is 0 Å². The van der Waals surface area contributed by atoms with Crippen LogP contribution in [0.2, 0.25) is 0 Å². The number of hydrogen-bond acceptors (Lipinski definition) is 3. The van der Waals surface area contributed by atoms with Crippen molar-refractivity contribution in [3.63, 3.8) is 0 Å². The standard InChI is InChI=1S/C16H25N3OS/c1-3-17-16(18-10-11(2)15-5-4-8-21-15)19-13-9-12-6-7-14(13)20-12/h4-5,8,11-14H,3,6-7,9-10H2,1-2H3,(H2,17,18,19). The van der Waals surface area contributed by atoms with E-state index in [1.165, 1.54) is 17.7 Å². The molecule has 3 rings (SSSR count). The monoisotopic (exact) mass is 307 g/mol. The van der Waals surface area contributed by atoms with E-state index >= 15 is 0 Å². The molecule has 5 heteroatoms. The normalized spacial score (nSPS) is 29.6. The molecule has 4 nitrogen and oxygen atoms in total. The Morgan fingerprint density at radius 2 is 2.43 bits per heavy atom. The van der Waals surface area contributed by atoms with E-state index in [9.17, 15) is 0 Å². The molecule has 2 bridgehead atoms. The number of hydrogen-bond donors (Lipinski definition) is 2. The fourth-order valence-corrected chi connectivity index (χ4v) is 3.95. The summed E-state index contributed by atoms with van der Waals surface area (Å²) in [6.07, 6.45) is 4.39. The highest BCUT2D eigenvalue weighted by Gasteiger charge is 2.41. The van der Waals surface area contributed by atoms with Crippen LogP contribution in [0.5, 0.6) is 0 Å². The third kappa shape index (κ3) is 3.58. The van der Waals surface area contributed by atoms with Crippen LogP contribution in [-0.2, 0) is 4.74 Å². The summed E-state index contributed by atoms with van der Waals surface area (Å²) in [5, 5.41) is 9.05. The van der Waals surface area contributed by atoms with E-state index in [2.05, 4.69) is 42.0 Å². The maximum atomic E-state index is 5.90. The van der Waals surface area contributed by atoms with Gasteiger partial charge >= 0.3 is 0 Å². The Morgan fingerprint density at radius 3 is 3.05 bits per heavy atom. The van der Waals surface area contributed by atoms with Gasteiger partial charge < -0.3 is 15.4 Å². The lowest BCUT2D eigenvalue weighted by molar-refractivity contribution is 0.0992. The van der Waals surface area contributed by atoms with Gasteiger partial charge in [-0.3, -0.25) is 4.99 Å². The minimum Gasteiger partial charge on any atom is -0.373 e. The molecule has 0 spiro atoms. The quantitative estimate of drug-likeness (QED) is 0.649. The van der Waals surface area contributed by atoms with Crippen molar-refractivity contribution in [1.82, 2.24) is 10.6 Å². The van der Waals surface area contributed by atoms with Gasteiger partial charge in [-0.2, -0.15) is 0 Å². The highest BCUT2D eigenvalue weighted by molar-refractivity contribution is 7.10. The Hall–Kier alpha value is -1.07. The van der Waals surface area contributed by atoms with Crippen molar-refractivity contribution in [2.45, 2.75) is 57.3 Å². The minimum atomic E-state index is 0.383. The second kappa shape index (κ2) is 6.79. The second-order valence-corrected chi connectivity index (χ2v) is 6.98. The zero-order valence-corrected chi connectivity index (χ0v) is 13.7. The summed E-state index contributed by atoms with van der Waals surface area (Å²) in [7, 11) is 0. The van der Waals surface area contributed by atoms with E-state index in [0.717, 1.165) is 25.5 Å². The molecule has 1 aromatic rings. The van der Waals surface area contributed by atoms with Gasteiger partial charge in [0, 0.05) is 17.3 Å². The molecule has 0 amide bonds. The smallest absolute Gasteiger partial charge is 0.191 e. The van der Waals surface area contributed by atoms with E-state index < -0.39 is 0 Å². The van der Waals surface area contributed by atoms with Crippen LogP contribution in [-0.4, -0.2) is 37.3 Å². The van der Waals surface area contributed by atoms with Crippen molar-refractivity contribution in [2.75, 3.05) is 13.1 Å². The Labute approximate surface area is 131 Å². The SMILES string of the molecule is CCNC(=NCC(C)c1cccs1)NC1CC2CCC1O2. The number of guanidine groups is 1. The molecule has 2 aliphatic heterocycles. The lowest BCUT2D eigenvalue weighted by Crippen LogP contribution is -2.47. The molecule has 0 aliphatic carbocycles. The Kier molecular flexibility index (Phi) is 4.80. The molecular weight excluding hydrogens is 282 g/mol. The first kappa shape index (κ1) is 14.9. The zero-order valence-electron chi connectivity index (χ0n) is 12.8. The van der Waals surface area contributed by atoms with Crippen LogP contribution in [0.3, 0.4) is 0 Å². The first-order valence-electron chi connectivity index (χ1n) is 8.00. The van der Waals surface area contributed by atoms with Gasteiger partial charge in [0.2, 0.25) is 0 Å². The average molecular weight is 307 g/mol. The van der Waals surface area contributed by atoms with Crippen molar-refractivity contribution in [2.24, 2.45) is 4.99 Å². The number of ether oxygens (including phenoxy) is 1. The van der Waals surface area contributed by atoms with Crippen LogP contribution in [0.25, 0.3) is 0 Å². The minimum absolute atomic E-state index is 0.383. The Balaban J connectivity index is 1.57. The highest BCUT2D eigenvalue weighted by atomic mass is 32.1. The fourth-order valence-electron chi connectivity index (χ4n) is 3.18. The topological polar surface area (TPSA) is 45.7 Å². The van der Waals surface area contributed by atoms with E-state index in [1.54, 1.807) is 0 Å². The second-order valence-electron chi connectivity index (χ2n) is 6.00. The third-order valence-corrected chi connectivity index (χ3v) is 5.43. The van der Waals surface area contributed by atoms with Crippen LogP contribution in [0.4, 0.5) is 0 Å². The summed E-state index contributed by atoms with van der Waals surface area (Å²) >= 11 is 1.81. The molecule has 2 fully saturated rings. The average Bonchev–Trinajstić information content (AvgIpc) is 3.21. The molecule has 0 saturated carbocycles. The van der Waals surface area contributed by atoms with E-state index in [-0.39, 0.29) is 0 Å². The number of fused-ring (bicyclic) bond motifs is 2. The van der Waals surface area contributed by atoms with Crippen molar-refractivity contribution < 1.29 is 4.74 Å². The number of aliphatic imine (C=N–C) groups is 1. The van der Waals surface area contributed by atoms with Gasteiger partial charge in [0.05, 0.1) is 24.8 Å². The van der Waals surface area contributed by atoms with Gasteiger partial charge in [-0.15, -0.1) is 11.3 Å². The molecule has 0 radical (unpaired) electrons. The van der Waals surface area contributed by atoms with Gasteiger partial charge in [0.15, 0.2) is 5.96 Å². The van der Waals surface area contributed by atoms with Crippen molar-refractivity contribution in [1.29, 1.82) is 0 Å². The molecule has 21 heavy (non-hydrogen) atoms. The van der Waals surface area contributed by atoms with Crippen LogP contribution in [0.1, 0.15) is 43.9 Å². The maximum absolute atomic E-state index is 5.90. The summed E-state index contributed by atoms with van der Waals surface area (Å²) in [4.78, 5) is 6.16. The van der Waals surface area contributed by atoms with Crippen LogP contribution < -0.4 is 10.6 Å². The Morgan fingerprint density at radius 1 is 1.52 bits per heavy atom. The first-order valence-corrected chi connectivity index (χ1v) is 8.88. The lowest BCUT2D eigenvalue weighted by Gasteiger charge is -2.23. The summed E-state index contributed by atoms with van der Waals surface area (Å²) < 4.78 is 5.90. The molecule has 2 aliphatic rings. The Bertz CT molecular complexity index is 474. The van der Waals surface area contributed by atoms with Crippen molar-refractivity contribution in [3.8, 4) is 0 Å². The predicted molar refractivity (Wildman–Crippen MR) is 88.1 cm³/mol. The van der Waals surface area contributed by atoms with E-state index in [1.807, 2.05) is 11.3 Å². The van der Waals surface area contributed by atoms with Gasteiger partial charge in [0.1, 0.15) is 0 Å². The number of thiophene rings is 1. The number of nitrogens with zero attached hydrogens (tertiary/aromatic N) is 1. The molecule has 2 saturated heterocycles. The summed E-state index contributed by atoms with van der Waals surface area (Å²) in [6, 6.07) is 4.73. The van der Waals surface area contributed by atoms with Crippen LogP contribution >= 0.6 is 11.3 Å². The van der Waals surface area contributed by atoms with Gasteiger partial charge in [-0.25, -0.2) is 0 Å². The van der Waals surface area contributed by atoms with Gasteiger partial charge in [-0.05, 0) is 37.6 Å². The van der Waals surface area contributed by atoms with Gasteiger partial charge in [-0.1, -0.05) is 13.0 Å². The molecule has 0 aromatic carbocycles. The summed E-state index contributed by atoms with van der Waals surface area (Å²) in [5.74, 6) is 1.40. The van der Waals surface area contributed by atoms with E-state index in [4.69, 9.17) is 9.73 Å². The lowest BCUT2D eigenvalue weighted by atomic mass is 9.96. The highest BCUT2D eigenvalue weighted by Crippen LogP contribution is 2.34. The molecule has 116 valence electrons. The zero-order chi connectivity index (χ0) is 14.7. The summed E-state index contributed by atoms with van der Waals surface area (Å²) in [6.45, 7) is 6.05. The number of nitrogens with one attached hydrogen (secondary N) is 2.